The second-order valence-corrected chi connectivity index (χ2v) is 4.09. The summed E-state index contributed by atoms with van der Waals surface area (Å²) in [5, 5.41) is 0. The van der Waals surface area contributed by atoms with Crippen molar-refractivity contribution in [2.45, 2.75) is 6.92 Å². The quantitative estimate of drug-likeness (QED) is 0.595. The normalized spacial score (nSPS) is 9.72. The number of hydrogen-bond acceptors (Lipinski definition) is 5. The highest BCUT2D eigenvalue weighted by molar-refractivity contribution is 9.10. The third-order valence-corrected chi connectivity index (χ3v) is 2.68. The van der Waals surface area contributed by atoms with Gasteiger partial charge in [0, 0.05) is 0 Å². The van der Waals surface area contributed by atoms with Gasteiger partial charge in [-0.05, 0) is 35.0 Å². The van der Waals surface area contributed by atoms with Crippen LogP contribution in [0, 0.1) is 0 Å². The van der Waals surface area contributed by atoms with Crippen molar-refractivity contribution in [2.24, 2.45) is 0 Å². The molecule has 0 bridgehead atoms. The van der Waals surface area contributed by atoms with Gasteiger partial charge in [-0.25, -0.2) is 4.79 Å². The summed E-state index contributed by atoms with van der Waals surface area (Å²) in [5.74, 6) is 0.326. The number of carbonyl (C=O) groups excluding carboxylic acids is 2. The lowest BCUT2D eigenvalue weighted by atomic mass is 10.2. The Bertz CT molecular complexity index is 444. The van der Waals surface area contributed by atoms with Crippen LogP contribution >= 0.6 is 15.9 Å². The molecule has 0 spiro atoms. The van der Waals surface area contributed by atoms with Crippen LogP contribution < -0.4 is 9.47 Å². The molecule has 0 heterocycles. The van der Waals surface area contributed by atoms with Crippen molar-refractivity contribution in [3.63, 3.8) is 0 Å². The van der Waals surface area contributed by atoms with E-state index in [1.807, 2.05) is 0 Å². The van der Waals surface area contributed by atoms with E-state index in [1.165, 1.54) is 13.2 Å². The van der Waals surface area contributed by atoms with Gasteiger partial charge in [-0.2, -0.15) is 0 Å². The molecule has 98 valence electrons. The summed E-state index contributed by atoms with van der Waals surface area (Å²) < 4.78 is 15.6. The van der Waals surface area contributed by atoms with Crippen LogP contribution in [0.25, 0.3) is 0 Å². The first-order chi connectivity index (χ1) is 8.62. The zero-order chi connectivity index (χ0) is 13.5. The van der Waals surface area contributed by atoms with Crippen LogP contribution in [0.15, 0.2) is 16.6 Å². The molecule has 0 atom stereocenters. The number of hydrogen-bond donors (Lipinski definition) is 0. The molecule has 0 N–H and O–H groups in total. The molecule has 0 amide bonds. The Balaban J connectivity index is 2.84. The Morgan fingerprint density at radius 2 is 2.11 bits per heavy atom. The lowest BCUT2D eigenvalue weighted by Crippen LogP contribution is -2.15. The third-order valence-electron chi connectivity index (χ3n) is 2.06. The fourth-order valence-electron chi connectivity index (χ4n) is 1.26. The SMILES string of the molecule is CCOC(=O)COc1cc(Br)c(OC)cc1C=O. The smallest absolute Gasteiger partial charge is 0.344 e. The Morgan fingerprint density at radius 3 is 2.67 bits per heavy atom. The largest absolute Gasteiger partial charge is 0.496 e. The number of rotatable bonds is 6. The van der Waals surface area contributed by atoms with Crippen LogP contribution in [0.4, 0.5) is 0 Å². The van der Waals surface area contributed by atoms with E-state index in [9.17, 15) is 9.59 Å². The van der Waals surface area contributed by atoms with Crippen molar-refractivity contribution >= 4 is 28.2 Å². The molecule has 1 aromatic rings. The Morgan fingerprint density at radius 1 is 1.39 bits per heavy atom. The minimum atomic E-state index is -0.485. The lowest BCUT2D eigenvalue weighted by Gasteiger charge is -2.10. The fraction of sp³-hybridized carbons (Fsp3) is 0.333. The average molecular weight is 317 g/mol. The van der Waals surface area contributed by atoms with E-state index in [1.54, 1.807) is 13.0 Å². The van der Waals surface area contributed by atoms with E-state index in [0.29, 0.717) is 27.8 Å². The van der Waals surface area contributed by atoms with E-state index in [2.05, 4.69) is 15.9 Å². The Labute approximate surface area is 113 Å². The highest BCUT2D eigenvalue weighted by Crippen LogP contribution is 2.31. The maximum atomic E-state index is 11.2. The van der Waals surface area contributed by atoms with Gasteiger partial charge in [0.2, 0.25) is 0 Å². The summed E-state index contributed by atoms with van der Waals surface area (Å²) in [7, 11) is 1.49. The first-order valence-corrected chi connectivity index (χ1v) is 6.02. The molecule has 0 radical (unpaired) electrons. The summed E-state index contributed by atoms with van der Waals surface area (Å²) in [6.07, 6.45) is 0.634. The summed E-state index contributed by atoms with van der Waals surface area (Å²) in [5.41, 5.74) is 0.305. The highest BCUT2D eigenvalue weighted by atomic mass is 79.9. The predicted molar refractivity (Wildman–Crippen MR) is 68.2 cm³/mol. The van der Waals surface area contributed by atoms with Crippen molar-refractivity contribution in [3.8, 4) is 11.5 Å². The van der Waals surface area contributed by atoms with Gasteiger partial charge in [0.15, 0.2) is 12.9 Å². The third kappa shape index (κ3) is 3.73. The highest BCUT2D eigenvalue weighted by Gasteiger charge is 2.11. The Kier molecular flexibility index (Phi) is 5.64. The second-order valence-electron chi connectivity index (χ2n) is 3.24. The van der Waals surface area contributed by atoms with Gasteiger partial charge >= 0.3 is 5.97 Å². The van der Waals surface area contributed by atoms with Crippen molar-refractivity contribution in [2.75, 3.05) is 20.3 Å². The van der Waals surface area contributed by atoms with Gasteiger partial charge in [-0.3, -0.25) is 4.79 Å². The first-order valence-electron chi connectivity index (χ1n) is 5.23. The maximum Gasteiger partial charge on any atom is 0.344 e. The number of halogens is 1. The van der Waals surface area contributed by atoms with Crippen LogP contribution in [-0.2, 0) is 9.53 Å². The monoisotopic (exact) mass is 316 g/mol. The van der Waals surface area contributed by atoms with E-state index in [0.717, 1.165) is 0 Å². The zero-order valence-corrected chi connectivity index (χ0v) is 11.7. The molecule has 0 aromatic heterocycles. The van der Waals surface area contributed by atoms with Gasteiger partial charge in [0.1, 0.15) is 11.5 Å². The summed E-state index contributed by atoms with van der Waals surface area (Å²) in [4.78, 5) is 22.1. The van der Waals surface area contributed by atoms with Gasteiger partial charge in [-0.15, -0.1) is 0 Å². The molecule has 0 aliphatic carbocycles. The topological polar surface area (TPSA) is 61.8 Å². The van der Waals surface area contributed by atoms with E-state index < -0.39 is 5.97 Å². The van der Waals surface area contributed by atoms with Gasteiger partial charge in [-0.1, -0.05) is 0 Å². The number of ether oxygens (including phenoxy) is 3. The van der Waals surface area contributed by atoms with E-state index in [-0.39, 0.29) is 13.2 Å². The van der Waals surface area contributed by atoms with Crippen LogP contribution in [0.2, 0.25) is 0 Å². The van der Waals surface area contributed by atoms with Crippen LogP contribution in [0.1, 0.15) is 17.3 Å². The molecule has 0 unspecified atom stereocenters. The molecule has 0 saturated heterocycles. The zero-order valence-electron chi connectivity index (χ0n) is 10.1. The minimum absolute atomic E-state index is 0.243. The molecule has 0 aliphatic rings. The number of methoxy groups -OCH3 is 1. The maximum absolute atomic E-state index is 11.2. The average Bonchev–Trinajstić information content (AvgIpc) is 2.36. The summed E-state index contributed by atoms with van der Waals surface area (Å²) in [6.45, 7) is 1.75. The van der Waals surface area contributed by atoms with Crippen LogP contribution in [0.3, 0.4) is 0 Å². The molecule has 0 saturated carbocycles. The van der Waals surface area contributed by atoms with Crippen molar-refractivity contribution in [1.29, 1.82) is 0 Å². The second kappa shape index (κ2) is 7.00. The van der Waals surface area contributed by atoms with E-state index in [4.69, 9.17) is 14.2 Å². The standard InChI is InChI=1S/C12H13BrO5/c1-3-17-12(15)7-18-10-5-9(13)11(16-2)4-8(10)6-14/h4-6H,3,7H2,1-2H3. The molecule has 1 rings (SSSR count). The first kappa shape index (κ1) is 14.5. The number of benzene rings is 1. The van der Waals surface area contributed by atoms with Gasteiger partial charge in [0.05, 0.1) is 23.8 Å². The molecule has 1 aromatic carbocycles. The molecule has 5 nitrogen and oxygen atoms in total. The molecule has 18 heavy (non-hydrogen) atoms. The van der Waals surface area contributed by atoms with Crippen molar-refractivity contribution in [3.05, 3.63) is 22.2 Å². The summed E-state index contributed by atoms with van der Waals surface area (Å²) in [6, 6.07) is 3.10. The van der Waals surface area contributed by atoms with Gasteiger partial charge in [0.25, 0.3) is 0 Å². The molecule has 0 fully saturated rings. The van der Waals surface area contributed by atoms with E-state index >= 15 is 0 Å². The van der Waals surface area contributed by atoms with Crippen LogP contribution in [-0.4, -0.2) is 32.6 Å². The fourth-order valence-corrected chi connectivity index (χ4v) is 1.75. The molecular formula is C12H13BrO5. The number of aldehydes is 1. The predicted octanol–water partition coefficient (Wildman–Crippen LogP) is 2.21. The number of carbonyl (C=O) groups is 2. The Hall–Kier alpha value is -1.56. The van der Waals surface area contributed by atoms with Crippen molar-refractivity contribution in [1.82, 2.24) is 0 Å². The van der Waals surface area contributed by atoms with Crippen molar-refractivity contribution < 1.29 is 23.8 Å². The molecule has 0 aliphatic heterocycles. The molecular weight excluding hydrogens is 304 g/mol. The lowest BCUT2D eigenvalue weighted by molar-refractivity contribution is -0.145. The molecule has 6 heteroatoms. The summed E-state index contributed by atoms with van der Waals surface area (Å²) >= 11 is 3.27. The van der Waals surface area contributed by atoms with Gasteiger partial charge < -0.3 is 14.2 Å². The number of esters is 1. The minimum Gasteiger partial charge on any atom is -0.496 e. The van der Waals surface area contributed by atoms with Crippen LogP contribution in [0.5, 0.6) is 11.5 Å².